The maximum Gasteiger partial charge on any atom is 0.124 e. The fraction of sp³-hybridized carbons (Fsp3) is 0.571. The molecule has 0 aliphatic carbocycles. The van der Waals surface area contributed by atoms with E-state index in [0.717, 1.165) is 5.56 Å². The number of aliphatic hydroxyl groups is 1. The van der Waals surface area contributed by atoms with Crippen LogP contribution in [0, 0.1) is 11.7 Å². The van der Waals surface area contributed by atoms with Crippen molar-refractivity contribution in [2.75, 3.05) is 6.61 Å². The summed E-state index contributed by atoms with van der Waals surface area (Å²) in [5, 5.41) is 10.2. The number of ether oxygens (including phenoxy) is 1. The van der Waals surface area contributed by atoms with Gasteiger partial charge in [0.1, 0.15) is 5.82 Å². The zero-order valence-corrected chi connectivity index (χ0v) is 12.6. The van der Waals surface area contributed by atoms with Crippen LogP contribution in [-0.2, 0) is 11.2 Å². The first-order valence-corrected chi connectivity index (χ1v) is 6.98. The Hall–Kier alpha value is -0.450. The Labute approximate surface area is 116 Å². The Kier molecular flexibility index (Phi) is 6.26. The maximum absolute atomic E-state index is 13.0. The van der Waals surface area contributed by atoms with E-state index in [4.69, 9.17) is 4.74 Å². The molecule has 0 aromatic heterocycles. The topological polar surface area (TPSA) is 29.5 Å². The maximum atomic E-state index is 13.0. The Morgan fingerprint density at radius 1 is 1.39 bits per heavy atom. The lowest BCUT2D eigenvalue weighted by atomic mass is 9.96. The van der Waals surface area contributed by atoms with Crippen LogP contribution in [0.15, 0.2) is 22.7 Å². The normalized spacial score (nSPS) is 14.8. The van der Waals surface area contributed by atoms with Crippen molar-refractivity contribution in [1.29, 1.82) is 0 Å². The van der Waals surface area contributed by atoms with Gasteiger partial charge in [0, 0.05) is 17.5 Å². The van der Waals surface area contributed by atoms with Crippen molar-refractivity contribution >= 4 is 15.9 Å². The molecule has 0 saturated carbocycles. The molecule has 2 unspecified atom stereocenters. The number of hydrogen-bond donors (Lipinski definition) is 1. The zero-order valence-electron chi connectivity index (χ0n) is 11.0. The van der Waals surface area contributed by atoms with Crippen LogP contribution in [0.4, 0.5) is 4.39 Å². The van der Waals surface area contributed by atoms with Crippen LogP contribution in [0.3, 0.4) is 0 Å². The van der Waals surface area contributed by atoms with E-state index < -0.39 is 6.10 Å². The molecule has 0 heterocycles. The van der Waals surface area contributed by atoms with Crippen LogP contribution in [0.1, 0.15) is 26.3 Å². The Morgan fingerprint density at radius 3 is 2.56 bits per heavy atom. The smallest absolute Gasteiger partial charge is 0.124 e. The number of aliphatic hydroxyl groups excluding tert-OH is 1. The highest BCUT2D eigenvalue weighted by molar-refractivity contribution is 9.10. The van der Waals surface area contributed by atoms with Gasteiger partial charge in [-0.05, 0) is 30.5 Å². The highest BCUT2D eigenvalue weighted by atomic mass is 79.9. The Bertz CT molecular complexity index is 382. The van der Waals surface area contributed by atoms with Gasteiger partial charge < -0.3 is 9.84 Å². The van der Waals surface area contributed by atoms with E-state index in [-0.39, 0.29) is 17.8 Å². The fourth-order valence-corrected chi connectivity index (χ4v) is 2.48. The first-order chi connectivity index (χ1) is 8.45. The van der Waals surface area contributed by atoms with Crippen LogP contribution in [-0.4, -0.2) is 23.9 Å². The van der Waals surface area contributed by atoms with E-state index in [0.29, 0.717) is 17.5 Å². The summed E-state index contributed by atoms with van der Waals surface area (Å²) in [7, 11) is 0. The fourth-order valence-electron chi connectivity index (χ4n) is 1.97. The Morgan fingerprint density at radius 2 is 2.06 bits per heavy atom. The average Bonchev–Trinajstić information content (AvgIpc) is 2.29. The zero-order chi connectivity index (χ0) is 13.7. The number of hydrogen-bond acceptors (Lipinski definition) is 2. The first kappa shape index (κ1) is 15.6. The summed E-state index contributed by atoms with van der Waals surface area (Å²) < 4.78 is 19.2. The molecule has 1 N–H and O–H groups in total. The molecule has 0 amide bonds. The quantitative estimate of drug-likeness (QED) is 0.869. The highest BCUT2D eigenvalue weighted by Gasteiger charge is 2.23. The minimum Gasteiger partial charge on any atom is -0.390 e. The molecule has 0 spiro atoms. The third-order valence-corrected chi connectivity index (χ3v) is 3.58. The van der Waals surface area contributed by atoms with Gasteiger partial charge in [-0.15, -0.1) is 0 Å². The molecular weight excluding hydrogens is 299 g/mol. The minimum absolute atomic E-state index is 0.202. The summed E-state index contributed by atoms with van der Waals surface area (Å²) in [5.41, 5.74) is 0.884. The second-order valence-electron chi connectivity index (χ2n) is 4.67. The number of halogens is 2. The molecule has 0 bridgehead atoms. The summed E-state index contributed by atoms with van der Waals surface area (Å²) in [5.74, 6) is -0.0514. The van der Waals surface area contributed by atoms with E-state index >= 15 is 0 Å². The lowest BCUT2D eigenvalue weighted by molar-refractivity contribution is -0.0562. The first-order valence-electron chi connectivity index (χ1n) is 6.19. The molecule has 2 nitrogen and oxygen atoms in total. The monoisotopic (exact) mass is 318 g/mol. The van der Waals surface area contributed by atoms with Crippen LogP contribution in [0.2, 0.25) is 0 Å². The minimum atomic E-state index is -0.591. The molecule has 0 aliphatic heterocycles. The van der Waals surface area contributed by atoms with Crippen molar-refractivity contribution in [2.45, 2.75) is 39.4 Å². The third kappa shape index (κ3) is 4.34. The average molecular weight is 319 g/mol. The molecule has 0 fully saturated rings. The lowest BCUT2D eigenvalue weighted by Gasteiger charge is -2.26. The molecule has 1 rings (SSSR count). The molecule has 0 saturated heterocycles. The lowest BCUT2D eigenvalue weighted by Crippen LogP contribution is -2.35. The van der Waals surface area contributed by atoms with Crippen LogP contribution in [0.5, 0.6) is 0 Å². The molecule has 102 valence electrons. The Balaban J connectivity index is 2.75. The predicted molar refractivity (Wildman–Crippen MR) is 74.1 cm³/mol. The molecule has 1 aromatic rings. The van der Waals surface area contributed by atoms with Gasteiger partial charge in [-0.1, -0.05) is 35.8 Å². The summed E-state index contributed by atoms with van der Waals surface area (Å²) in [6.07, 6.45) is -0.345. The molecule has 2 atom stereocenters. The summed E-state index contributed by atoms with van der Waals surface area (Å²) >= 11 is 3.31. The van der Waals surface area contributed by atoms with E-state index in [1.807, 2.05) is 20.8 Å². The number of rotatable bonds is 6. The summed E-state index contributed by atoms with van der Waals surface area (Å²) in [4.78, 5) is 0. The van der Waals surface area contributed by atoms with Gasteiger partial charge >= 0.3 is 0 Å². The van der Waals surface area contributed by atoms with Gasteiger partial charge in [0.25, 0.3) is 0 Å². The largest absolute Gasteiger partial charge is 0.390 e. The van der Waals surface area contributed by atoms with E-state index in [2.05, 4.69) is 15.9 Å². The predicted octanol–water partition coefficient (Wildman–Crippen LogP) is 3.55. The second-order valence-corrected chi connectivity index (χ2v) is 5.53. The van der Waals surface area contributed by atoms with Gasteiger partial charge in [-0.2, -0.15) is 0 Å². The van der Waals surface area contributed by atoms with Gasteiger partial charge in [-0.3, -0.25) is 0 Å². The molecule has 0 aliphatic rings. The second kappa shape index (κ2) is 7.22. The van der Waals surface area contributed by atoms with Crippen molar-refractivity contribution in [3.8, 4) is 0 Å². The molecule has 18 heavy (non-hydrogen) atoms. The van der Waals surface area contributed by atoms with Crippen LogP contribution in [0.25, 0.3) is 0 Å². The van der Waals surface area contributed by atoms with Crippen molar-refractivity contribution in [3.05, 3.63) is 34.1 Å². The van der Waals surface area contributed by atoms with E-state index in [1.54, 1.807) is 6.07 Å². The van der Waals surface area contributed by atoms with Crippen molar-refractivity contribution in [3.63, 3.8) is 0 Å². The van der Waals surface area contributed by atoms with E-state index in [1.165, 1.54) is 12.1 Å². The van der Waals surface area contributed by atoms with Crippen molar-refractivity contribution in [1.82, 2.24) is 0 Å². The van der Waals surface area contributed by atoms with Crippen molar-refractivity contribution < 1.29 is 14.2 Å². The van der Waals surface area contributed by atoms with Crippen molar-refractivity contribution in [2.24, 2.45) is 5.92 Å². The molecule has 4 heteroatoms. The highest BCUT2D eigenvalue weighted by Crippen LogP contribution is 2.22. The summed E-state index contributed by atoms with van der Waals surface area (Å²) in [6.45, 7) is 6.52. The van der Waals surface area contributed by atoms with Crippen LogP contribution < -0.4 is 0 Å². The third-order valence-electron chi connectivity index (χ3n) is 2.84. The van der Waals surface area contributed by atoms with Gasteiger partial charge in [0.05, 0.1) is 12.2 Å². The van der Waals surface area contributed by atoms with E-state index in [9.17, 15) is 9.50 Å². The summed E-state index contributed by atoms with van der Waals surface area (Å²) in [6, 6.07) is 4.50. The molecular formula is C14H20BrFO2. The van der Waals surface area contributed by atoms with Gasteiger partial charge in [0.15, 0.2) is 0 Å². The SMILES string of the molecule is CCOC(C(C)C)C(O)Cc1ccc(F)cc1Br. The standard InChI is InChI=1S/C14H20BrFO2/c1-4-18-14(9(2)3)13(17)7-10-5-6-11(16)8-12(10)15/h5-6,8-9,13-14,17H,4,7H2,1-3H3. The number of benzene rings is 1. The van der Waals surface area contributed by atoms with Gasteiger partial charge in [0.2, 0.25) is 0 Å². The van der Waals surface area contributed by atoms with Crippen LogP contribution >= 0.6 is 15.9 Å². The molecule has 1 aromatic carbocycles. The molecule has 0 radical (unpaired) electrons. The van der Waals surface area contributed by atoms with Gasteiger partial charge in [-0.25, -0.2) is 4.39 Å².